The summed E-state index contributed by atoms with van der Waals surface area (Å²) >= 11 is 9.25. The van der Waals surface area contributed by atoms with Gasteiger partial charge in [0.2, 0.25) is 0 Å². The minimum Gasteiger partial charge on any atom is -0.345 e. The summed E-state index contributed by atoms with van der Waals surface area (Å²) < 4.78 is 2.42. The summed E-state index contributed by atoms with van der Waals surface area (Å²) in [5.74, 6) is -0.891. The van der Waals surface area contributed by atoms with E-state index in [1.54, 1.807) is 48.2 Å². The number of fused-ring (bicyclic) bond motifs is 1. The van der Waals surface area contributed by atoms with Crippen LogP contribution in [0.5, 0.6) is 0 Å². The van der Waals surface area contributed by atoms with Gasteiger partial charge < -0.3 is 4.57 Å². The van der Waals surface area contributed by atoms with Crippen LogP contribution in [0.15, 0.2) is 53.1 Å². The van der Waals surface area contributed by atoms with Crippen LogP contribution in [-0.4, -0.2) is 21.4 Å². The molecule has 26 heavy (non-hydrogen) atoms. The molecule has 2 heterocycles. The Morgan fingerprint density at radius 2 is 1.96 bits per heavy atom. The average Bonchev–Trinajstić information content (AvgIpc) is 2.95. The topological polar surface area (TPSA) is 76.0 Å². The fourth-order valence-electron chi connectivity index (χ4n) is 2.33. The summed E-state index contributed by atoms with van der Waals surface area (Å²) in [7, 11) is 1.74. The van der Waals surface area contributed by atoms with Gasteiger partial charge in [0.25, 0.3) is 11.8 Å². The van der Waals surface area contributed by atoms with Crippen molar-refractivity contribution in [1.82, 2.24) is 20.4 Å². The van der Waals surface area contributed by atoms with Crippen LogP contribution in [0.2, 0.25) is 5.02 Å². The fourth-order valence-corrected chi connectivity index (χ4v) is 3.02. The molecule has 0 spiro atoms. The molecule has 0 radical (unpaired) electrons. The number of amides is 2. The third-order valence-electron chi connectivity index (χ3n) is 3.58. The highest BCUT2D eigenvalue weighted by Crippen LogP contribution is 2.18. The Morgan fingerprint density at radius 3 is 2.69 bits per heavy atom. The molecule has 1 aromatic carbocycles. The van der Waals surface area contributed by atoms with Crippen LogP contribution in [0.1, 0.15) is 16.2 Å². The number of benzene rings is 1. The van der Waals surface area contributed by atoms with E-state index in [1.807, 2.05) is 12.1 Å². The average molecular weight is 434 g/mol. The van der Waals surface area contributed by atoms with Crippen molar-refractivity contribution in [3.63, 3.8) is 0 Å². The van der Waals surface area contributed by atoms with Gasteiger partial charge in [0.05, 0.1) is 11.2 Å². The summed E-state index contributed by atoms with van der Waals surface area (Å²) in [5, 5.41) is 1.55. The Labute approximate surface area is 163 Å². The van der Waals surface area contributed by atoms with Crippen molar-refractivity contribution in [2.45, 2.75) is 0 Å². The number of aromatic nitrogens is 2. The third kappa shape index (κ3) is 4.30. The zero-order valence-electron chi connectivity index (χ0n) is 13.7. The van der Waals surface area contributed by atoms with Crippen molar-refractivity contribution in [3.8, 4) is 0 Å². The number of hydrogen-bond donors (Lipinski definition) is 2. The van der Waals surface area contributed by atoms with Gasteiger partial charge in [0.1, 0.15) is 5.69 Å². The number of carbonyl (C=O) groups is 2. The lowest BCUT2D eigenvalue weighted by Gasteiger charge is -2.05. The normalized spacial score (nSPS) is 11.0. The summed E-state index contributed by atoms with van der Waals surface area (Å²) in [6.45, 7) is 0. The molecule has 3 aromatic rings. The smallest absolute Gasteiger partial charge is 0.286 e. The molecule has 0 atom stereocenters. The molecule has 0 unspecified atom stereocenters. The molecule has 2 amide bonds. The Hall–Kier alpha value is -2.64. The molecular weight excluding hydrogens is 420 g/mol. The maximum atomic E-state index is 12.0. The van der Waals surface area contributed by atoms with Crippen LogP contribution in [-0.2, 0) is 11.8 Å². The Balaban J connectivity index is 1.62. The molecule has 0 aliphatic carbocycles. The van der Waals surface area contributed by atoms with Gasteiger partial charge in [-0.3, -0.25) is 20.4 Å². The molecular formula is C18H14BrClN4O2. The predicted molar refractivity (Wildman–Crippen MR) is 105 cm³/mol. The molecule has 2 aromatic heterocycles. The molecule has 0 fully saturated rings. The Bertz CT molecular complexity index is 1030. The van der Waals surface area contributed by atoms with E-state index in [0.29, 0.717) is 16.4 Å². The van der Waals surface area contributed by atoms with Crippen molar-refractivity contribution >= 4 is 56.3 Å². The van der Waals surface area contributed by atoms with Gasteiger partial charge in [-0.2, -0.15) is 0 Å². The quantitative estimate of drug-likeness (QED) is 0.490. The third-order valence-corrected chi connectivity index (χ3v) is 4.25. The van der Waals surface area contributed by atoms with Crippen LogP contribution in [0.25, 0.3) is 17.0 Å². The lowest BCUT2D eigenvalue weighted by atomic mass is 10.2. The number of pyridine rings is 1. The zero-order chi connectivity index (χ0) is 18.7. The standard InChI is InChI=1S/C18H14BrClN4O2/c1-24-10-12(19)8-16(24)18(26)23-22-17(25)7-6-14-5-3-11-2-4-13(20)9-15(11)21-14/h2-10H,1H3,(H,22,25)(H,23,26)/b7-6-. The van der Waals surface area contributed by atoms with Crippen LogP contribution in [0.3, 0.4) is 0 Å². The molecule has 132 valence electrons. The number of nitrogens with one attached hydrogen (secondary N) is 2. The second kappa shape index (κ2) is 7.72. The van der Waals surface area contributed by atoms with E-state index < -0.39 is 11.8 Å². The first-order valence-corrected chi connectivity index (χ1v) is 8.76. The number of halogens is 2. The minimum absolute atomic E-state index is 0.411. The first-order chi connectivity index (χ1) is 12.4. The van der Waals surface area contributed by atoms with E-state index in [1.165, 1.54) is 6.08 Å². The van der Waals surface area contributed by atoms with Gasteiger partial charge in [-0.1, -0.05) is 23.7 Å². The van der Waals surface area contributed by atoms with Crippen molar-refractivity contribution in [1.29, 1.82) is 0 Å². The van der Waals surface area contributed by atoms with Gasteiger partial charge in [0, 0.05) is 34.2 Å². The van der Waals surface area contributed by atoms with Gasteiger partial charge in [-0.05, 0) is 46.3 Å². The van der Waals surface area contributed by atoms with E-state index in [-0.39, 0.29) is 0 Å². The lowest BCUT2D eigenvalue weighted by molar-refractivity contribution is -0.117. The molecule has 0 aliphatic heterocycles. The van der Waals surface area contributed by atoms with Crippen molar-refractivity contribution in [2.75, 3.05) is 0 Å². The highest BCUT2D eigenvalue weighted by molar-refractivity contribution is 9.10. The minimum atomic E-state index is -0.473. The summed E-state index contributed by atoms with van der Waals surface area (Å²) in [5.41, 5.74) is 6.44. The molecule has 3 rings (SSSR count). The maximum Gasteiger partial charge on any atom is 0.286 e. The highest BCUT2D eigenvalue weighted by atomic mass is 79.9. The molecule has 6 nitrogen and oxygen atoms in total. The molecule has 0 saturated carbocycles. The number of hydrazine groups is 1. The maximum absolute atomic E-state index is 12.0. The zero-order valence-corrected chi connectivity index (χ0v) is 16.0. The largest absolute Gasteiger partial charge is 0.345 e. The van der Waals surface area contributed by atoms with Gasteiger partial charge >= 0.3 is 0 Å². The van der Waals surface area contributed by atoms with Crippen LogP contribution in [0, 0.1) is 0 Å². The van der Waals surface area contributed by atoms with Crippen LogP contribution in [0.4, 0.5) is 0 Å². The van der Waals surface area contributed by atoms with Crippen molar-refractivity contribution < 1.29 is 9.59 Å². The lowest BCUT2D eigenvalue weighted by Crippen LogP contribution is -2.41. The molecule has 2 N–H and O–H groups in total. The number of hydrogen-bond acceptors (Lipinski definition) is 3. The van der Waals surface area contributed by atoms with E-state index in [4.69, 9.17) is 11.6 Å². The van der Waals surface area contributed by atoms with Crippen LogP contribution < -0.4 is 10.9 Å². The number of carbonyl (C=O) groups excluding carboxylic acids is 2. The Morgan fingerprint density at radius 1 is 1.19 bits per heavy atom. The fraction of sp³-hybridized carbons (Fsp3) is 0.0556. The molecule has 0 bridgehead atoms. The number of nitrogens with zero attached hydrogens (tertiary/aromatic N) is 2. The SMILES string of the molecule is Cn1cc(Br)cc1C(=O)NNC(=O)/C=C\c1ccc2ccc(Cl)cc2n1. The second-order valence-electron chi connectivity index (χ2n) is 5.50. The van der Waals surface area contributed by atoms with E-state index in [9.17, 15) is 9.59 Å². The summed E-state index contributed by atoms with van der Waals surface area (Å²) in [4.78, 5) is 28.3. The first kappa shape index (κ1) is 18.2. The van der Waals surface area contributed by atoms with Gasteiger partial charge in [0.15, 0.2) is 0 Å². The number of rotatable bonds is 3. The molecule has 8 heteroatoms. The van der Waals surface area contributed by atoms with Gasteiger partial charge in [-0.15, -0.1) is 0 Å². The molecule has 0 aliphatic rings. The van der Waals surface area contributed by atoms with E-state index in [2.05, 4.69) is 31.8 Å². The van der Waals surface area contributed by atoms with Crippen molar-refractivity contribution in [3.05, 3.63) is 69.6 Å². The number of aryl methyl sites for hydroxylation is 1. The predicted octanol–water partition coefficient (Wildman–Crippen LogP) is 3.46. The van der Waals surface area contributed by atoms with E-state index >= 15 is 0 Å². The molecule has 0 saturated heterocycles. The second-order valence-corrected chi connectivity index (χ2v) is 6.86. The highest BCUT2D eigenvalue weighted by Gasteiger charge is 2.11. The summed E-state index contributed by atoms with van der Waals surface area (Å²) in [6, 6.07) is 10.8. The van der Waals surface area contributed by atoms with Crippen LogP contribution >= 0.6 is 27.5 Å². The summed E-state index contributed by atoms with van der Waals surface area (Å²) in [6.07, 6.45) is 4.59. The Kier molecular flexibility index (Phi) is 5.39. The van der Waals surface area contributed by atoms with Crippen molar-refractivity contribution in [2.24, 2.45) is 7.05 Å². The van der Waals surface area contributed by atoms with E-state index in [0.717, 1.165) is 15.4 Å². The monoisotopic (exact) mass is 432 g/mol. The first-order valence-electron chi connectivity index (χ1n) is 7.59. The van der Waals surface area contributed by atoms with Gasteiger partial charge in [-0.25, -0.2) is 4.98 Å².